The molecule has 2 N–H and O–H groups in total. The highest BCUT2D eigenvalue weighted by molar-refractivity contribution is 7.85. The zero-order valence-electron chi connectivity index (χ0n) is 14.3. The number of carbonyl (C=O) groups is 2. The van der Waals surface area contributed by atoms with Crippen LogP contribution in [0.25, 0.3) is 0 Å². The fourth-order valence-corrected chi connectivity index (χ4v) is 3.49. The summed E-state index contributed by atoms with van der Waals surface area (Å²) in [6.45, 7) is 0. The van der Waals surface area contributed by atoms with Crippen LogP contribution in [0.4, 0.5) is 0 Å². The Morgan fingerprint density at radius 2 is 1.65 bits per heavy atom. The van der Waals surface area contributed by atoms with Gasteiger partial charge in [-0.25, -0.2) is 4.79 Å². The molecule has 0 bridgehead atoms. The molecule has 0 spiro atoms. The maximum atomic E-state index is 12.3. The first-order chi connectivity index (χ1) is 12.5. The minimum atomic E-state index is -1.40. The van der Waals surface area contributed by atoms with Gasteiger partial charge in [-0.3, -0.25) is 9.00 Å². The summed E-state index contributed by atoms with van der Waals surface area (Å²) in [6, 6.07) is 16.3. The second kappa shape index (κ2) is 9.84. The van der Waals surface area contributed by atoms with Gasteiger partial charge in [0.1, 0.15) is 6.04 Å². The molecular formula is C19H21NO5S. The summed E-state index contributed by atoms with van der Waals surface area (Å²) in [4.78, 5) is 24.8. The number of hydrogen-bond donors (Lipinski definition) is 2. The summed E-state index contributed by atoms with van der Waals surface area (Å²) in [6.07, 6.45) is -1.27. The first kappa shape index (κ1) is 19.8. The number of hydrogen-bond acceptors (Lipinski definition) is 5. The molecule has 2 rings (SSSR count). The summed E-state index contributed by atoms with van der Waals surface area (Å²) >= 11 is 0. The lowest BCUT2D eigenvalue weighted by Crippen LogP contribution is -2.44. The third-order valence-corrected chi connectivity index (χ3v) is 5.17. The summed E-state index contributed by atoms with van der Waals surface area (Å²) in [5, 5.41) is 12.6. The standard InChI is InChI=1S/C19H21NO5S/c1-25-19(23)16(12-13-26(24)15-10-6-3-7-11-15)20-18(22)17(21)14-8-4-2-5-9-14/h2-11,16-17,21H,12-13H2,1H3,(H,20,22)/t16-,17-,26-/m0/s1. The molecule has 0 heterocycles. The maximum Gasteiger partial charge on any atom is 0.328 e. The van der Waals surface area contributed by atoms with Crippen LogP contribution < -0.4 is 5.32 Å². The number of nitrogens with one attached hydrogen (secondary N) is 1. The number of carbonyl (C=O) groups excluding carboxylic acids is 2. The van der Waals surface area contributed by atoms with E-state index < -0.39 is 34.8 Å². The van der Waals surface area contributed by atoms with Gasteiger partial charge in [0.05, 0.1) is 17.9 Å². The monoisotopic (exact) mass is 375 g/mol. The predicted octanol–water partition coefficient (Wildman–Crippen LogP) is 1.58. The second-order valence-corrected chi connectivity index (χ2v) is 7.12. The molecule has 1 amide bonds. The van der Waals surface area contributed by atoms with Gasteiger partial charge in [-0.05, 0) is 24.1 Å². The molecule has 3 atom stereocenters. The van der Waals surface area contributed by atoms with E-state index in [0.717, 1.165) is 0 Å². The SMILES string of the molecule is COC(=O)[C@H](CC[S@](=O)c1ccccc1)NC(=O)[C@@H](O)c1ccccc1. The molecule has 0 saturated carbocycles. The number of rotatable bonds is 8. The van der Waals surface area contributed by atoms with Crippen molar-refractivity contribution in [2.45, 2.75) is 23.5 Å². The Kier molecular flexibility index (Phi) is 7.50. The average molecular weight is 375 g/mol. The van der Waals surface area contributed by atoms with Crippen molar-refractivity contribution in [3.05, 3.63) is 66.2 Å². The average Bonchev–Trinajstić information content (AvgIpc) is 2.70. The Bertz CT molecular complexity index is 751. The predicted molar refractivity (Wildman–Crippen MR) is 97.7 cm³/mol. The van der Waals surface area contributed by atoms with Crippen molar-refractivity contribution >= 4 is 22.7 Å². The van der Waals surface area contributed by atoms with E-state index in [-0.39, 0.29) is 12.2 Å². The zero-order chi connectivity index (χ0) is 18.9. The lowest BCUT2D eigenvalue weighted by molar-refractivity contribution is -0.146. The summed E-state index contributed by atoms with van der Waals surface area (Å²) in [5.41, 5.74) is 0.418. The Morgan fingerprint density at radius 1 is 1.08 bits per heavy atom. The molecule has 0 unspecified atom stereocenters. The number of aliphatic hydroxyl groups is 1. The fraction of sp³-hybridized carbons (Fsp3) is 0.263. The molecule has 0 saturated heterocycles. The van der Waals surface area contributed by atoms with E-state index in [0.29, 0.717) is 10.5 Å². The molecule has 0 radical (unpaired) electrons. The molecule has 138 valence electrons. The van der Waals surface area contributed by atoms with E-state index in [1.165, 1.54) is 7.11 Å². The molecule has 26 heavy (non-hydrogen) atoms. The van der Waals surface area contributed by atoms with Crippen LogP contribution in [-0.2, 0) is 25.1 Å². The van der Waals surface area contributed by atoms with Gasteiger partial charge in [0.2, 0.25) is 0 Å². The second-order valence-electron chi connectivity index (χ2n) is 5.55. The Hall–Kier alpha value is -2.51. The van der Waals surface area contributed by atoms with Gasteiger partial charge in [-0.1, -0.05) is 48.5 Å². The van der Waals surface area contributed by atoms with Gasteiger partial charge < -0.3 is 15.2 Å². The third-order valence-electron chi connectivity index (χ3n) is 3.76. The van der Waals surface area contributed by atoms with Crippen LogP contribution in [0.5, 0.6) is 0 Å². The highest BCUT2D eigenvalue weighted by Gasteiger charge is 2.26. The van der Waals surface area contributed by atoms with Gasteiger partial charge in [-0.2, -0.15) is 0 Å². The minimum Gasteiger partial charge on any atom is -0.467 e. The third kappa shape index (κ3) is 5.50. The molecule has 0 aliphatic heterocycles. The van der Waals surface area contributed by atoms with Crippen molar-refractivity contribution in [1.29, 1.82) is 0 Å². The molecule has 0 aliphatic carbocycles. The lowest BCUT2D eigenvalue weighted by Gasteiger charge is -2.19. The Morgan fingerprint density at radius 3 is 2.23 bits per heavy atom. The molecule has 7 heteroatoms. The van der Waals surface area contributed by atoms with Gasteiger partial charge in [0.25, 0.3) is 5.91 Å². The highest BCUT2D eigenvalue weighted by Crippen LogP contribution is 2.13. The fourth-order valence-electron chi connectivity index (χ4n) is 2.34. The smallest absolute Gasteiger partial charge is 0.328 e. The van der Waals surface area contributed by atoms with E-state index in [2.05, 4.69) is 5.32 Å². The van der Waals surface area contributed by atoms with Gasteiger partial charge in [-0.15, -0.1) is 0 Å². The quantitative estimate of drug-likeness (QED) is 0.684. The molecule has 6 nitrogen and oxygen atoms in total. The van der Waals surface area contributed by atoms with Crippen molar-refractivity contribution in [3.8, 4) is 0 Å². The number of amides is 1. The Balaban J connectivity index is 2.00. The van der Waals surface area contributed by atoms with Gasteiger partial charge in [0.15, 0.2) is 6.10 Å². The first-order valence-electron chi connectivity index (χ1n) is 8.07. The van der Waals surface area contributed by atoms with E-state index in [9.17, 15) is 18.9 Å². The Labute approximate surface area is 154 Å². The number of aliphatic hydroxyl groups excluding tert-OH is 1. The highest BCUT2D eigenvalue weighted by atomic mass is 32.2. The van der Waals surface area contributed by atoms with E-state index in [1.807, 2.05) is 6.07 Å². The van der Waals surface area contributed by atoms with Crippen molar-refractivity contribution in [2.24, 2.45) is 0 Å². The van der Waals surface area contributed by atoms with E-state index in [1.54, 1.807) is 54.6 Å². The number of benzene rings is 2. The molecule has 0 aromatic heterocycles. The molecule has 0 aliphatic rings. The minimum absolute atomic E-state index is 0.126. The van der Waals surface area contributed by atoms with Crippen LogP contribution in [0.3, 0.4) is 0 Å². The van der Waals surface area contributed by atoms with Crippen LogP contribution >= 0.6 is 0 Å². The van der Waals surface area contributed by atoms with Crippen LogP contribution in [0.2, 0.25) is 0 Å². The topological polar surface area (TPSA) is 92.7 Å². The maximum absolute atomic E-state index is 12.3. The van der Waals surface area contributed by atoms with E-state index in [4.69, 9.17) is 4.74 Å². The van der Waals surface area contributed by atoms with Crippen molar-refractivity contribution < 1.29 is 23.6 Å². The number of ether oxygens (including phenoxy) is 1. The summed E-state index contributed by atoms with van der Waals surface area (Å²) < 4.78 is 17.0. The van der Waals surface area contributed by atoms with Gasteiger partial charge >= 0.3 is 5.97 Å². The molecule has 0 fully saturated rings. The summed E-state index contributed by atoms with van der Waals surface area (Å²) in [7, 11) is -0.0940. The molecule has 2 aromatic rings. The summed E-state index contributed by atoms with van der Waals surface area (Å²) in [5.74, 6) is -1.19. The number of esters is 1. The zero-order valence-corrected chi connectivity index (χ0v) is 15.1. The lowest BCUT2D eigenvalue weighted by atomic mass is 10.1. The van der Waals surface area contributed by atoms with Crippen LogP contribution in [0.1, 0.15) is 18.1 Å². The van der Waals surface area contributed by atoms with Crippen molar-refractivity contribution in [1.82, 2.24) is 5.32 Å². The van der Waals surface area contributed by atoms with Crippen molar-refractivity contribution in [2.75, 3.05) is 12.9 Å². The van der Waals surface area contributed by atoms with Crippen LogP contribution in [0.15, 0.2) is 65.6 Å². The first-order valence-corrected chi connectivity index (χ1v) is 9.39. The molecule has 2 aromatic carbocycles. The number of methoxy groups -OCH3 is 1. The molecular weight excluding hydrogens is 354 g/mol. The largest absolute Gasteiger partial charge is 0.467 e. The normalized spacial score (nSPS) is 14.1. The van der Waals surface area contributed by atoms with E-state index >= 15 is 0 Å². The van der Waals surface area contributed by atoms with Crippen LogP contribution in [0, 0.1) is 0 Å². The van der Waals surface area contributed by atoms with Crippen molar-refractivity contribution in [3.63, 3.8) is 0 Å². The van der Waals surface area contributed by atoms with Gasteiger partial charge in [0, 0.05) is 10.6 Å². The van der Waals surface area contributed by atoms with Crippen LogP contribution in [-0.4, -0.2) is 40.1 Å².